The van der Waals surface area contributed by atoms with E-state index in [1.165, 1.54) is 0 Å². The van der Waals surface area contributed by atoms with Gasteiger partial charge in [-0.25, -0.2) is 4.79 Å². The molecule has 1 fully saturated rings. The van der Waals surface area contributed by atoms with Gasteiger partial charge in [-0.3, -0.25) is 4.39 Å². The lowest BCUT2D eigenvalue weighted by Gasteiger charge is -2.31. The van der Waals surface area contributed by atoms with Crippen molar-refractivity contribution in [2.24, 2.45) is 5.92 Å². The van der Waals surface area contributed by atoms with E-state index in [2.05, 4.69) is 5.32 Å². The monoisotopic (exact) mass is 202 g/mol. The fraction of sp³-hybridized carbons (Fsp3) is 0.900. The predicted octanol–water partition coefficient (Wildman–Crippen LogP) is 1.79. The molecule has 2 amide bonds. The fourth-order valence-corrected chi connectivity index (χ4v) is 1.84. The maximum absolute atomic E-state index is 12.1. The number of halogens is 1. The Hall–Kier alpha value is -0.800. The Bertz CT molecular complexity index is 179. The van der Waals surface area contributed by atoms with E-state index in [0.717, 1.165) is 25.9 Å². The van der Waals surface area contributed by atoms with Crippen molar-refractivity contribution in [1.82, 2.24) is 10.2 Å². The number of hydrogen-bond acceptors (Lipinski definition) is 1. The Labute approximate surface area is 84.7 Å². The number of likely N-dealkylation sites (tertiary alicyclic amines) is 1. The number of piperidine rings is 1. The molecule has 3 nitrogen and oxygen atoms in total. The minimum absolute atomic E-state index is 0.0196. The van der Waals surface area contributed by atoms with Gasteiger partial charge in [0.15, 0.2) is 0 Å². The van der Waals surface area contributed by atoms with Crippen molar-refractivity contribution in [2.45, 2.75) is 26.2 Å². The van der Waals surface area contributed by atoms with Gasteiger partial charge in [0.05, 0.1) is 6.67 Å². The summed E-state index contributed by atoms with van der Waals surface area (Å²) in [5.41, 5.74) is 0. The van der Waals surface area contributed by atoms with Crippen LogP contribution in [0, 0.1) is 5.92 Å². The first-order chi connectivity index (χ1) is 6.77. The highest BCUT2D eigenvalue weighted by Crippen LogP contribution is 2.20. The van der Waals surface area contributed by atoms with Gasteiger partial charge in [0.25, 0.3) is 0 Å². The van der Waals surface area contributed by atoms with E-state index in [4.69, 9.17) is 0 Å². The van der Waals surface area contributed by atoms with Crippen LogP contribution in [0.15, 0.2) is 0 Å². The van der Waals surface area contributed by atoms with Crippen LogP contribution in [0.3, 0.4) is 0 Å². The zero-order chi connectivity index (χ0) is 10.4. The fourth-order valence-electron chi connectivity index (χ4n) is 1.84. The third-order valence-electron chi connectivity index (χ3n) is 2.75. The molecule has 4 heteroatoms. The number of carbonyl (C=O) groups excluding carboxylic acids is 1. The van der Waals surface area contributed by atoms with Crippen molar-refractivity contribution in [3.8, 4) is 0 Å². The Morgan fingerprint density at radius 3 is 2.64 bits per heavy atom. The highest BCUT2D eigenvalue weighted by atomic mass is 19.1. The Morgan fingerprint density at radius 2 is 2.14 bits per heavy atom. The normalized spacial score (nSPS) is 18.3. The summed E-state index contributed by atoms with van der Waals surface area (Å²) >= 11 is 0. The molecule has 1 heterocycles. The molecule has 1 rings (SSSR count). The summed E-state index contributed by atoms with van der Waals surface area (Å²) in [5.74, 6) is 0.477. The van der Waals surface area contributed by atoms with E-state index in [1.807, 2.05) is 11.8 Å². The maximum atomic E-state index is 12.1. The van der Waals surface area contributed by atoms with Crippen LogP contribution in [0.1, 0.15) is 26.2 Å². The molecule has 1 aliphatic heterocycles. The van der Waals surface area contributed by atoms with Crippen molar-refractivity contribution in [3.05, 3.63) is 0 Å². The van der Waals surface area contributed by atoms with Crippen molar-refractivity contribution in [3.63, 3.8) is 0 Å². The molecule has 0 aromatic heterocycles. The number of rotatable bonds is 3. The van der Waals surface area contributed by atoms with Crippen molar-refractivity contribution < 1.29 is 9.18 Å². The molecule has 0 aliphatic carbocycles. The van der Waals surface area contributed by atoms with Gasteiger partial charge in [-0.2, -0.15) is 0 Å². The number of nitrogens with zero attached hydrogens (tertiary/aromatic N) is 1. The molecule has 82 valence electrons. The number of carbonyl (C=O) groups is 1. The smallest absolute Gasteiger partial charge is 0.317 e. The largest absolute Gasteiger partial charge is 0.338 e. The summed E-state index contributed by atoms with van der Waals surface area (Å²) < 4.78 is 12.1. The second kappa shape index (κ2) is 5.83. The molecular formula is C10H19FN2O. The van der Waals surface area contributed by atoms with Gasteiger partial charge >= 0.3 is 6.03 Å². The van der Waals surface area contributed by atoms with E-state index in [0.29, 0.717) is 18.9 Å². The Balaban J connectivity index is 2.24. The van der Waals surface area contributed by atoms with Gasteiger partial charge < -0.3 is 10.2 Å². The van der Waals surface area contributed by atoms with Crippen LogP contribution in [0.2, 0.25) is 0 Å². The molecule has 0 unspecified atom stereocenters. The van der Waals surface area contributed by atoms with Crippen LogP contribution >= 0.6 is 0 Å². The molecule has 0 spiro atoms. The average molecular weight is 202 g/mol. The van der Waals surface area contributed by atoms with Crippen LogP contribution in [-0.4, -0.2) is 37.2 Å². The third kappa shape index (κ3) is 3.16. The van der Waals surface area contributed by atoms with E-state index in [1.54, 1.807) is 0 Å². The second-order valence-electron chi connectivity index (χ2n) is 3.74. The van der Waals surface area contributed by atoms with E-state index < -0.39 is 0 Å². The molecule has 14 heavy (non-hydrogen) atoms. The highest BCUT2D eigenvalue weighted by Gasteiger charge is 2.21. The molecule has 0 aromatic carbocycles. The summed E-state index contributed by atoms with van der Waals surface area (Å²) in [6.07, 6.45) is 2.55. The van der Waals surface area contributed by atoms with Gasteiger partial charge in [-0.1, -0.05) is 0 Å². The molecule has 0 radical (unpaired) electrons. The van der Waals surface area contributed by atoms with Crippen LogP contribution in [0.4, 0.5) is 9.18 Å². The number of nitrogens with one attached hydrogen (secondary N) is 1. The van der Waals surface area contributed by atoms with E-state index >= 15 is 0 Å². The standard InChI is InChI=1S/C10H19FN2O/c1-2-12-10(14)13-7-4-9(3-6-11)5-8-13/h9H,2-8H2,1H3,(H,12,14). The molecule has 1 aliphatic rings. The Morgan fingerprint density at radius 1 is 1.50 bits per heavy atom. The summed E-state index contributed by atoms with van der Waals surface area (Å²) in [7, 11) is 0. The second-order valence-corrected chi connectivity index (χ2v) is 3.74. The summed E-state index contributed by atoms with van der Waals surface area (Å²) in [6.45, 7) is 3.90. The molecular weight excluding hydrogens is 183 g/mol. The topological polar surface area (TPSA) is 32.3 Å². The lowest BCUT2D eigenvalue weighted by Crippen LogP contribution is -2.44. The van der Waals surface area contributed by atoms with Gasteiger partial charge in [0.2, 0.25) is 0 Å². The number of alkyl halides is 1. The average Bonchev–Trinajstić information content (AvgIpc) is 2.20. The lowest BCUT2D eigenvalue weighted by atomic mass is 9.94. The molecule has 0 atom stereocenters. The van der Waals surface area contributed by atoms with Crippen molar-refractivity contribution >= 4 is 6.03 Å². The van der Waals surface area contributed by atoms with Gasteiger partial charge in [0.1, 0.15) is 0 Å². The molecule has 0 bridgehead atoms. The Kier molecular flexibility index (Phi) is 4.70. The lowest BCUT2D eigenvalue weighted by molar-refractivity contribution is 0.166. The summed E-state index contributed by atoms with van der Waals surface area (Å²) in [6, 6.07) is 0.0196. The zero-order valence-electron chi connectivity index (χ0n) is 8.76. The number of urea groups is 1. The number of amides is 2. The van der Waals surface area contributed by atoms with Crippen LogP contribution in [0.5, 0.6) is 0 Å². The number of hydrogen-bond donors (Lipinski definition) is 1. The summed E-state index contributed by atoms with van der Waals surface area (Å²) in [5, 5.41) is 2.77. The van der Waals surface area contributed by atoms with E-state index in [-0.39, 0.29) is 12.7 Å². The SMILES string of the molecule is CCNC(=O)N1CCC(CCF)CC1. The first-order valence-corrected chi connectivity index (χ1v) is 5.36. The van der Waals surface area contributed by atoms with Crippen LogP contribution < -0.4 is 5.32 Å². The van der Waals surface area contributed by atoms with Crippen molar-refractivity contribution in [1.29, 1.82) is 0 Å². The highest BCUT2D eigenvalue weighted by molar-refractivity contribution is 5.74. The minimum atomic E-state index is -0.230. The van der Waals surface area contributed by atoms with Crippen LogP contribution in [-0.2, 0) is 0 Å². The quantitative estimate of drug-likeness (QED) is 0.743. The summed E-state index contributed by atoms with van der Waals surface area (Å²) in [4.78, 5) is 13.2. The minimum Gasteiger partial charge on any atom is -0.338 e. The third-order valence-corrected chi connectivity index (χ3v) is 2.75. The van der Waals surface area contributed by atoms with Gasteiger partial charge in [-0.05, 0) is 32.1 Å². The van der Waals surface area contributed by atoms with Gasteiger partial charge in [0, 0.05) is 19.6 Å². The van der Waals surface area contributed by atoms with Gasteiger partial charge in [-0.15, -0.1) is 0 Å². The van der Waals surface area contributed by atoms with Crippen molar-refractivity contribution in [2.75, 3.05) is 26.3 Å². The molecule has 0 aromatic rings. The first kappa shape index (κ1) is 11.3. The molecule has 0 saturated carbocycles. The maximum Gasteiger partial charge on any atom is 0.317 e. The van der Waals surface area contributed by atoms with Crippen LogP contribution in [0.25, 0.3) is 0 Å². The zero-order valence-corrected chi connectivity index (χ0v) is 8.76. The molecule has 1 N–H and O–H groups in total. The first-order valence-electron chi connectivity index (χ1n) is 5.36. The predicted molar refractivity (Wildman–Crippen MR) is 54.0 cm³/mol. The van der Waals surface area contributed by atoms with E-state index in [9.17, 15) is 9.18 Å². The molecule has 1 saturated heterocycles.